The highest BCUT2D eigenvalue weighted by Gasteiger charge is 2.13. The Morgan fingerprint density at radius 2 is 1.93 bits per heavy atom. The van der Waals surface area contributed by atoms with Crippen molar-refractivity contribution in [1.29, 1.82) is 0 Å². The Balaban J connectivity index is 1.46. The fourth-order valence-electron chi connectivity index (χ4n) is 3.40. The molecule has 0 aliphatic carbocycles. The van der Waals surface area contributed by atoms with E-state index in [1.165, 1.54) is 24.0 Å². The third kappa shape index (κ3) is 5.98. The Morgan fingerprint density at radius 1 is 1.15 bits per heavy atom. The SMILES string of the molecule is CN=C(NCc1ccnc(N2CCCC2)c1)NC(C)CCc1ccccc1. The maximum absolute atomic E-state index is 4.52. The third-order valence-corrected chi connectivity index (χ3v) is 5.02. The fourth-order valence-corrected chi connectivity index (χ4v) is 3.40. The maximum Gasteiger partial charge on any atom is 0.191 e. The number of pyridine rings is 1. The van der Waals surface area contributed by atoms with Crippen molar-refractivity contribution < 1.29 is 0 Å². The molecule has 1 unspecified atom stereocenters. The van der Waals surface area contributed by atoms with Gasteiger partial charge in [0.1, 0.15) is 5.82 Å². The van der Waals surface area contributed by atoms with Gasteiger partial charge in [-0.05, 0) is 55.9 Å². The molecule has 3 rings (SSSR count). The average Bonchev–Trinajstić information content (AvgIpc) is 3.25. The summed E-state index contributed by atoms with van der Waals surface area (Å²) in [7, 11) is 1.82. The van der Waals surface area contributed by atoms with Crippen molar-refractivity contribution in [3.05, 3.63) is 59.8 Å². The molecule has 5 nitrogen and oxygen atoms in total. The predicted molar refractivity (Wildman–Crippen MR) is 113 cm³/mol. The molecule has 2 aromatic rings. The zero-order valence-corrected chi connectivity index (χ0v) is 16.5. The highest BCUT2D eigenvalue weighted by atomic mass is 15.2. The highest BCUT2D eigenvalue weighted by molar-refractivity contribution is 5.79. The highest BCUT2D eigenvalue weighted by Crippen LogP contribution is 2.18. The van der Waals surface area contributed by atoms with Crippen LogP contribution in [-0.4, -0.2) is 37.1 Å². The molecule has 1 aromatic heterocycles. The normalized spacial score (nSPS) is 15.6. The van der Waals surface area contributed by atoms with E-state index >= 15 is 0 Å². The van der Waals surface area contributed by atoms with E-state index in [1.807, 2.05) is 13.2 Å². The molecule has 0 radical (unpaired) electrons. The van der Waals surface area contributed by atoms with E-state index < -0.39 is 0 Å². The minimum atomic E-state index is 0.356. The zero-order chi connectivity index (χ0) is 18.9. The average molecular weight is 366 g/mol. The minimum Gasteiger partial charge on any atom is -0.357 e. The summed E-state index contributed by atoms with van der Waals surface area (Å²) in [5.41, 5.74) is 2.60. The van der Waals surface area contributed by atoms with E-state index in [-0.39, 0.29) is 0 Å². The van der Waals surface area contributed by atoms with Gasteiger partial charge in [0.25, 0.3) is 0 Å². The van der Waals surface area contributed by atoms with Crippen LogP contribution in [0, 0.1) is 0 Å². The summed E-state index contributed by atoms with van der Waals surface area (Å²) in [6.07, 6.45) is 6.57. The fraction of sp³-hybridized carbons (Fsp3) is 0.455. The van der Waals surface area contributed by atoms with Crippen LogP contribution in [0.1, 0.15) is 37.3 Å². The molecule has 1 aliphatic rings. The van der Waals surface area contributed by atoms with Crippen LogP contribution in [0.15, 0.2) is 53.7 Å². The molecule has 5 heteroatoms. The molecular weight excluding hydrogens is 334 g/mol. The van der Waals surface area contributed by atoms with E-state index in [9.17, 15) is 0 Å². The number of hydrogen-bond donors (Lipinski definition) is 2. The lowest BCUT2D eigenvalue weighted by molar-refractivity contribution is 0.593. The van der Waals surface area contributed by atoms with Crippen molar-refractivity contribution in [2.45, 2.75) is 45.2 Å². The number of anilines is 1. The molecule has 2 N–H and O–H groups in total. The summed E-state index contributed by atoms with van der Waals surface area (Å²) in [6, 6.07) is 15.2. The lowest BCUT2D eigenvalue weighted by Gasteiger charge is -2.19. The van der Waals surface area contributed by atoms with Gasteiger partial charge < -0.3 is 15.5 Å². The first kappa shape index (κ1) is 19.2. The largest absolute Gasteiger partial charge is 0.357 e. The first-order valence-corrected chi connectivity index (χ1v) is 9.95. The number of benzene rings is 1. The Bertz CT molecular complexity index is 722. The first-order valence-electron chi connectivity index (χ1n) is 9.95. The van der Waals surface area contributed by atoms with Crippen molar-refractivity contribution in [3.8, 4) is 0 Å². The number of hydrogen-bond acceptors (Lipinski definition) is 3. The summed E-state index contributed by atoms with van der Waals surface area (Å²) >= 11 is 0. The minimum absolute atomic E-state index is 0.356. The van der Waals surface area contributed by atoms with E-state index in [0.29, 0.717) is 6.04 Å². The lowest BCUT2D eigenvalue weighted by atomic mass is 10.1. The Kier molecular flexibility index (Phi) is 7.08. The summed E-state index contributed by atoms with van der Waals surface area (Å²) in [4.78, 5) is 11.3. The van der Waals surface area contributed by atoms with Gasteiger partial charge in [0.05, 0.1) is 0 Å². The number of rotatable bonds is 7. The maximum atomic E-state index is 4.52. The molecule has 27 heavy (non-hydrogen) atoms. The molecule has 144 valence electrons. The number of nitrogens with zero attached hydrogens (tertiary/aromatic N) is 3. The van der Waals surface area contributed by atoms with Crippen molar-refractivity contribution in [1.82, 2.24) is 15.6 Å². The van der Waals surface area contributed by atoms with Gasteiger partial charge in [-0.2, -0.15) is 0 Å². The van der Waals surface area contributed by atoms with Gasteiger partial charge >= 0.3 is 0 Å². The van der Waals surface area contributed by atoms with Crippen LogP contribution >= 0.6 is 0 Å². The Labute approximate surface area is 162 Å². The molecule has 2 heterocycles. The van der Waals surface area contributed by atoms with Crippen LogP contribution in [0.4, 0.5) is 5.82 Å². The monoisotopic (exact) mass is 365 g/mol. The van der Waals surface area contributed by atoms with Gasteiger partial charge in [-0.3, -0.25) is 4.99 Å². The van der Waals surface area contributed by atoms with Gasteiger partial charge in [-0.1, -0.05) is 30.3 Å². The van der Waals surface area contributed by atoms with E-state index in [2.05, 4.69) is 74.9 Å². The summed E-state index contributed by atoms with van der Waals surface area (Å²) < 4.78 is 0. The summed E-state index contributed by atoms with van der Waals surface area (Å²) in [5.74, 6) is 1.93. The van der Waals surface area contributed by atoms with Gasteiger partial charge in [-0.15, -0.1) is 0 Å². The van der Waals surface area contributed by atoms with Crippen LogP contribution < -0.4 is 15.5 Å². The zero-order valence-electron chi connectivity index (χ0n) is 16.5. The van der Waals surface area contributed by atoms with Crippen molar-refractivity contribution >= 4 is 11.8 Å². The van der Waals surface area contributed by atoms with Crippen LogP contribution in [0.2, 0.25) is 0 Å². The van der Waals surface area contributed by atoms with Crippen molar-refractivity contribution in [2.75, 3.05) is 25.0 Å². The third-order valence-electron chi connectivity index (χ3n) is 5.02. The smallest absolute Gasteiger partial charge is 0.191 e. The number of aromatic nitrogens is 1. The molecule has 1 aromatic carbocycles. The van der Waals surface area contributed by atoms with Gasteiger partial charge in [-0.25, -0.2) is 4.98 Å². The number of nitrogens with one attached hydrogen (secondary N) is 2. The van der Waals surface area contributed by atoms with Gasteiger partial charge in [0.15, 0.2) is 5.96 Å². The number of guanidine groups is 1. The molecule has 0 saturated carbocycles. The van der Waals surface area contributed by atoms with E-state index in [1.54, 1.807) is 0 Å². The molecular formula is C22H31N5. The summed E-state index contributed by atoms with van der Waals surface area (Å²) in [6.45, 7) is 5.18. The van der Waals surface area contributed by atoms with E-state index in [4.69, 9.17) is 0 Å². The van der Waals surface area contributed by atoms with E-state index in [0.717, 1.165) is 44.3 Å². The molecule has 1 fully saturated rings. The predicted octanol–water partition coefficient (Wildman–Crippen LogP) is 3.37. The van der Waals surface area contributed by atoms with Gasteiger partial charge in [0.2, 0.25) is 0 Å². The number of aliphatic imine (C=N–C) groups is 1. The summed E-state index contributed by atoms with van der Waals surface area (Å²) in [5, 5.41) is 6.91. The molecule has 1 atom stereocenters. The topological polar surface area (TPSA) is 52.6 Å². The van der Waals surface area contributed by atoms with Crippen molar-refractivity contribution in [3.63, 3.8) is 0 Å². The number of aryl methyl sites for hydroxylation is 1. The quantitative estimate of drug-likeness (QED) is 0.583. The molecule has 0 spiro atoms. The van der Waals surface area contributed by atoms with Gasteiger partial charge in [0, 0.05) is 38.9 Å². The van der Waals surface area contributed by atoms with Crippen LogP contribution in [-0.2, 0) is 13.0 Å². The second-order valence-electron chi connectivity index (χ2n) is 7.21. The molecule has 1 aliphatic heterocycles. The van der Waals surface area contributed by atoms with Crippen molar-refractivity contribution in [2.24, 2.45) is 4.99 Å². The first-order chi connectivity index (χ1) is 13.2. The molecule has 0 bridgehead atoms. The molecule has 0 amide bonds. The Morgan fingerprint density at radius 3 is 2.67 bits per heavy atom. The van der Waals surface area contributed by atoms with Crippen LogP contribution in [0.25, 0.3) is 0 Å². The second kappa shape index (κ2) is 9.95. The van der Waals surface area contributed by atoms with Crippen LogP contribution in [0.5, 0.6) is 0 Å². The lowest BCUT2D eigenvalue weighted by Crippen LogP contribution is -2.42. The second-order valence-corrected chi connectivity index (χ2v) is 7.21. The standard InChI is InChI=1S/C22H31N5/c1-18(10-11-19-8-4-3-5-9-19)26-22(23-2)25-17-20-12-13-24-21(16-20)27-14-6-7-15-27/h3-5,8-9,12-13,16,18H,6-7,10-11,14-15,17H2,1-2H3,(H2,23,25,26). The van der Waals surface area contributed by atoms with Crippen LogP contribution in [0.3, 0.4) is 0 Å². The molecule has 1 saturated heterocycles. The Hall–Kier alpha value is -2.56.